The molecule has 0 atom stereocenters. The molecule has 1 saturated heterocycles. The van der Waals surface area contributed by atoms with E-state index in [2.05, 4.69) is 9.62 Å². The molecule has 0 amide bonds. The molecule has 11 heteroatoms. The van der Waals surface area contributed by atoms with E-state index >= 15 is 0 Å². The summed E-state index contributed by atoms with van der Waals surface area (Å²) in [5.41, 5.74) is 9.53. The number of carbonyl (C=O) groups is 1. The molecule has 2 aromatic heterocycles. The van der Waals surface area contributed by atoms with Crippen molar-refractivity contribution in [3.8, 4) is 0 Å². The first kappa shape index (κ1) is 29.8. The van der Waals surface area contributed by atoms with Crippen LogP contribution in [0.2, 0.25) is 0 Å². The summed E-state index contributed by atoms with van der Waals surface area (Å²) in [6, 6.07) is 26.0. The molecule has 3 N–H and O–H groups in total. The zero-order valence-electron chi connectivity index (χ0n) is 24.3. The number of carbonyl (C=O) groups excluding carboxylic acids is 1. The molecule has 44 heavy (non-hydrogen) atoms. The zero-order chi connectivity index (χ0) is 30.5. The summed E-state index contributed by atoms with van der Waals surface area (Å²) in [6.07, 6.45) is 0. The minimum atomic E-state index is -3.69. The highest BCUT2D eigenvalue weighted by Crippen LogP contribution is 2.29. The van der Waals surface area contributed by atoms with Crippen LogP contribution in [0.3, 0.4) is 0 Å². The van der Waals surface area contributed by atoms with Crippen molar-refractivity contribution >= 4 is 43.5 Å². The summed E-state index contributed by atoms with van der Waals surface area (Å²) in [6.45, 7) is 4.35. The van der Waals surface area contributed by atoms with E-state index < -0.39 is 16.0 Å². The van der Waals surface area contributed by atoms with Crippen LogP contribution in [-0.2, 0) is 38.3 Å². The number of morpholine rings is 1. The van der Waals surface area contributed by atoms with Gasteiger partial charge in [-0.25, -0.2) is 18.2 Å². The van der Waals surface area contributed by atoms with Gasteiger partial charge in [0.2, 0.25) is 10.0 Å². The van der Waals surface area contributed by atoms with Gasteiger partial charge in [0.25, 0.3) is 0 Å². The van der Waals surface area contributed by atoms with Crippen LogP contribution in [0.5, 0.6) is 0 Å². The summed E-state index contributed by atoms with van der Waals surface area (Å²) < 4.78 is 42.0. The lowest BCUT2D eigenvalue weighted by atomic mass is 10.0. The van der Waals surface area contributed by atoms with Crippen LogP contribution in [0.25, 0.3) is 21.8 Å². The molecule has 10 nitrogen and oxygen atoms in total. The second-order valence-corrected chi connectivity index (χ2v) is 12.6. The Kier molecular flexibility index (Phi) is 8.89. The summed E-state index contributed by atoms with van der Waals surface area (Å²) >= 11 is 0. The quantitative estimate of drug-likeness (QED) is 0.213. The van der Waals surface area contributed by atoms with E-state index in [9.17, 15) is 13.2 Å². The zero-order valence-corrected chi connectivity index (χ0v) is 25.1. The number of ether oxygens (including phenoxy) is 2. The number of fused-ring (bicyclic) bond motifs is 2. The maximum atomic E-state index is 13.5. The molecule has 228 valence electrons. The van der Waals surface area contributed by atoms with Crippen molar-refractivity contribution in [3.05, 3.63) is 107 Å². The number of aromatic nitrogens is 2. The van der Waals surface area contributed by atoms with Crippen LogP contribution in [0.4, 0.5) is 5.69 Å². The maximum absolute atomic E-state index is 13.5. The molecule has 6 rings (SSSR count). The SMILES string of the molecule is NCc1ccc2cc(C(=O)OCCN3CCOCC3)n(Cc3cc(NS(=O)(=O)Cc4ccccc4)cc4ccccc34)c2n1. The highest BCUT2D eigenvalue weighted by molar-refractivity contribution is 7.91. The van der Waals surface area contributed by atoms with Crippen molar-refractivity contribution in [3.63, 3.8) is 0 Å². The Balaban J connectivity index is 1.33. The average Bonchev–Trinajstić information content (AvgIpc) is 3.39. The van der Waals surface area contributed by atoms with E-state index in [1.807, 2.05) is 71.3 Å². The van der Waals surface area contributed by atoms with E-state index in [0.29, 0.717) is 48.0 Å². The number of pyridine rings is 1. The molecule has 0 aliphatic carbocycles. The smallest absolute Gasteiger partial charge is 0.355 e. The van der Waals surface area contributed by atoms with Gasteiger partial charge in [-0.2, -0.15) is 0 Å². The second kappa shape index (κ2) is 13.1. The molecule has 0 spiro atoms. The van der Waals surface area contributed by atoms with Crippen LogP contribution >= 0.6 is 0 Å². The van der Waals surface area contributed by atoms with E-state index in [0.717, 1.165) is 34.8 Å². The number of hydrogen-bond donors (Lipinski definition) is 2. The predicted molar refractivity (Wildman–Crippen MR) is 171 cm³/mol. The van der Waals surface area contributed by atoms with Gasteiger partial charge >= 0.3 is 5.97 Å². The van der Waals surface area contributed by atoms with E-state index in [-0.39, 0.29) is 25.4 Å². The fourth-order valence-electron chi connectivity index (χ4n) is 5.53. The minimum Gasteiger partial charge on any atom is -0.460 e. The van der Waals surface area contributed by atoms with Gasteiger partial charge in [0.15, 0.2) is 0 Å². The summed E-state index contributed by atoms with van der Waals surface area (Å²) in [4.78, 5) is 20.4. The molecule has 0 radical (unpaired) electrons. The molecule has 0 unspecified atom stereocenters. The Labute approximate surface area is 256 Å². The van der Waals surface area contributed by atoms with Crippen molar-refractivity contribution in [2.75, 3.05) is 44.2 Å². The number of esters is 1. The van der Waals surface area contributed by atoms with E-state index in [4.69, 9.17) is 20.2 Å². The van der Waals surface area contributed by atoms with Crippen molar-refractivity contribution in [1.82, 2.24) is 14.5 Å². The van der Waals surface area contributed by atoms with Crippen LogP contribution in [0.15, 0.2) is 84.9 Å². The average molecular weight is 614 g/mol. The highest BCUT2D eigenvalue weighted by Gasteiger charge is 2.21. The normalized spacial score (nSPS) is 14.2. The largest absolute Gasteiger partial charge is 0.460 e. The van der Waals surface area contributed by atoms with Gasteiger partial charge in [-0.1, -0.05) is 54.6 Å². The molecule has 1 fully saturated rings. The lowest BCUT2D eigenvalue weighted by Crippen LogP contribution is -2.38. The molecule has 0 bridgehead atoms. The van der Waals surface area contributed by atoms with Crippen molar-refractivity contribution in [1.29, 1.82) is 0 Å². The molecule has 1 aliphatic heterocycles. The number of sulfonamides is 1. The van der Waals surface area contributed by atoms with Gasteiger partial charge < -0.3 is 19.8 Å². The topological polar surface area (TPSA) is 129 Å². The molecule has 1 aliphatic rings. The number of nitrogens with two attached hydrogens (primary N) is 1. The number of nitrogens with one attached hydrogen (secondary N) is 1. The van der Waals surface area contributed by atoms with Crippen LogP contribution in [0.1, 0.15) is 27.3 Å². The van der Waals surface area contributed by atoms with Gasteiger partial charge in [-0.05, 0) is 52.2 Å². The fourth-order valence-corrected chi connectivity index (χ4v) is 6.72. The first-order valence-corrected chi connectivity index (χ1v) is 16.3. The monoisotopic (exact) mass is 613 g/mol. The van der Waals surface area contributed by atoms with E-state index in [1.165, 1.54) is 0 Å². The standard InChI is InChI=1S/C33H35N5O5S/c34-21-28-11-10-26-20-31(33(39)43-17-14-37-12-15-42-16-13-37)38(32(26)35-28)22-27-19-29(18-25-8-4-5-9-30(25)27)36-44(40,41)23-24-6-2-1-3-7-24/h1-11,18-20,36H,12-17,21-23,34H2. The molecule has 0 saturated carbocycles. The van der Waals surface area contributed by atoms with Gasteiger partial charge in [-0.15, -0.1) is 0 Å². The summed E-state index contributed by atoms with van der Waals surface area (Å²) in [5.74, 6) is -0.598. The second-order valence-electron chi connectivity index (χ2n) is 10.8. The van der Waals surface area contributed by atoms with Crippen molar-refractivity contribution < 1.29 is 22.7 Å². The minimum absolute atomic E-state index is 0.148. The van der Waals surface area contributed by atoms with Gasteiger partial charge in [0.05, 0.1) is 31.2 Å². The Hall–Kier alpha value is -4.29. The first-order chi connectivity index (χ1) is 21.4. The number of hydrogen-bond acceptors (Lipinski definition) is 8. The van der Waals surface area contributed by atoms with Crippen molar-refractivity contribution in [2.24, 2.45) is 5.73 Å². The lowest BCUT2D eigenvalue weighted by Gasteiger charge is -2.26. The Morgan fingerprint density at radius 1 is 0.955 bits per heavy atom. The van der Waals surface area contributed by atoms with E-state index in [1.54, 1.807) is 18.2 Å². The van der Waals surface area contributed by atoms with Crippen LogP contribution in [0, 0.1) is 0 Å². The fraction of sp³-hybridized carbons (Fsp3) is 0.273. The van der Waals surface area contributed by atoms with Gasteiger partial charge in [0, 0.05) is 37.3 Å². The lowest BCUT2D eigenvalue weighted by molar-refractivity contribution is 0.0191. The maximum Gasteiger partial charge on any atom is 0.355 e. The van der Waals surface area contributed by atoms with Crippen molar-refractivity contribution in [2.45, 2.75) is 18.8 Å². The third kappa shape index (κ3) is 6.92. The van der Waals surface area contributed by atoms with Crippen LogP contribution in [-0.4, -0.2) is 68.3 Å². The van der Waals surface area contributed by atoms with Gasteiger partial charge in [-0.3, -0.25) is 9.62 Å². The predicted octanol–water partition coefficient (Wildman–Crippen LogP) is 4.13. The number of benzene rings is 3. The molecular formula is C33H35N5O5S. The Bertz CT molecular complexity index is 1890. The Morgan fingerprint density at radius 2 is 1.73 bits per heavy atom. The first-order valence-electron chi connectivity index (χ1n) is 14.6. The molecule has 3 heterocycles. The Morgan fingerprint density at radius 3 is 2.52 bits per heavy atom. The summed E-state index contributed by atoms with van der Waals surface area (Å²) in [5, 5.41) is 2.58. The third-order valence-electron chi connectivity index (χ3n) is 7.71. The van der Waals surface area contributed by atoms with Crippen LogP contribution < -0.4 is 10.5 Å². The highest BCUT2D eigenvalue weighted by atomic mass is 32.2. The van der Waals surface area contributed by atoms with Gasteiger partial charge in [0.1, 0.15) is 17.9 Å². The third-order valence-corrected chi connectivity index (χ3v) is 8.97. The number of nitrogens with zero attached hydrogens (tertiary/aromatic N) is 3. The summed E-state index contributed by atoms with van der Waals surface area (Å²) in [7, 11) is -3.69. The molecule has 5 aromatic rings. The molecule has 3 aromatic carbocycles. The number of anilines is 1. The molecular weight excluding hydrogens is 578 g/mol. The number of rotatable bonds is 11.